The molecular formula is C33H43N5O6. The van der Waals surface area contributed by atoms with Crippen molar-refractivity contribution < 1.29 is 28.7 Å². The normalized spacial score (nSPS) is 18.5. The van der Waals surface area contributed by atoms with E-state index in [1.165, 1.54) is 0 Å². The largest absolute Gasteiger partial charge is 0.491 e. The van der Waals surface area contributed by atoms with E-state index in [1.54, 1.807) is 24.2 Å². The number of rotatable bonds is 7. The van der Waals surface area contributed by atoms with Gasteiger partial charge in [0.25, 0.3) is 0 Å². The Morgan fingerprint density at radius 2 is 1.70 bits per heavy atom. The van der Waals surface area contributed by atoms with Gasteiger partial charge in [-0.1, -0.05) is 24.2 Å². The fraction of sp³-hybridized carbons (Fsp3) is 0.545. The third-order valence-electron chi connectivity index (χ3n) is 8.39. The third-order valence-corrected chi connectivity index (χ3v) is 8.39. The number of carbonyl (C=O) groups is 2. The van der Waals surface area contributed by atoms with Crippen molar-refractivity contribution >= 4 is 12.0 Å². The Labute approximate surface area is 258 Å². The molecule has 11 nitrogen and oxygen atoms in total. The number of ether oxygens (including phenoxy) is 2. The number of benzene rings is 1. The van der Waals surface area contributed by atoms with E-state index in [9.17, 15) is 14.7 Å². The maximum absolute atomic E-state index is 12.8. The van der Waals surface area contributed by atoms with Gasteiger partial charge in [0.15, 0.2) is 0 Å². The molecule has 0 bridgehead atoms. The number of nitrogens with zero attached hydrogens (tertiary/aromatic N) is 5. The predicted molar refractivity (Wildman–Crippen MR) is 163 cm³/mol. The van der Waals surface area contributed by atoms with Gasteiger partial charge in [-0.25, -0.2) is 4.79 Å². The predicted octanol–water partition coefficient (Wildman–Crippen LogP) is 5.14. The number of aliphatic hydroxyl groups is 1. The minimum Gasteiger partial charge on any atom is -0.491 e. The summed E-state index contributed by atoms with van der Waals surface area (Å²) in [6.07, 6.45) is 4.38. The number of likely N-dealkylation sites (tertiary alicyclic amines) is 2. The molecule has 236 valence electrons. The van der Waals surface area contributed by atoms with Crippen LogP contribution < -0.4 is 4.74 Å². The quantitative estimate of drug-likeness (QED) is 0.389. The fourth-order valence-corrected chi connectivity index (χ4v) is 6.11. The molecule has 1 N–H and O–H groups in total. The fourth-order valence-electron chi connectivity index (χ4n) is 6.11. The maximum atomic E-state index is 12.8. The Balaban J connectivity index is 1.45. The first kappa shape index (κ1) is 31.4. The molecule has 2 aliphatic heterocycles. The van der Waals surface area contributed by atoms with E-state index in [1.807, 2.05) is 76.8 Å². The van der Waals surface area contributed by atoms with Crippen LogP contribution in [0.3, 0.4) is 0 Å². The number of hydrogen-bond donors (Lipinski definition) is 1. The van der Waals surface area contributed by atoms with E-state index in [2.05, 4.69) is 15.1 Å². The van der Waals surface area contributed by atoms with Gasteiger partial charge in [-0.2, -0.15) is 4.98 Å². The van der Waals surface area contributed by atoms with E-state index in [0.29, 0.717) is 47.2 Å². The van der Waals surface area contributed by atoms with Crippen molar-refractivity contribution in [1.29, 1.82) is 0 Å². The molecular weight excluding hydrogens is 562 g/mol. The first-order valence-electron chi connectivity index (χ1n) is 15.2. The summed E-state index contributed by atoms with van der Waals surface area (Å²) in [7, 11) is 0. The second-order valence-corrected chi connectivity index (χ2v) is 13.5. The lowest BCUT2D eigenvalue weighted by Gasteiger charge is -2.56. The highest BCUT2D eigenvalue weighted by atomic mass is 16.6. The summed E-state index contributed by atoms with van der Waals surface area (Å²) in [6.45, 7) is 14.8. The van der Waals surface area contributed by atoms with Crippen LogP contribution in [0.5, 0.6) is 5.75 Å². The zero-order valence-electron chi connectivity index (χ0n) is 26.7. The van der Waals surface area contributed by atoms with Gasteiger partial charge >= 0.3 is 6.09 Å². The van der Waals surface area contributed by atoms with E-state index < -0.39 is 22.7 Å². The Morgan fingerprint density at radius 3 is 2.30 bits per heavy atom. The summed E-state index contributed by atoms with van der Waals surface area (Å²) < 4.78 is 17.1. The SMILES string of the molecule is CC(=O)N1CCC(c2nc(-c3cncc([C@@](O)(c4ccc(OC(C)C)cc4)C4(C)CN(C(=O)OC(C)(C)C)C4)c3)no2)CC1. The third kappa shape index (κ3) is 6.29. The van der Waals surface area contributed by atoms with Crippen LogP contribution in [0.15, 0.2) is 47.2 Å². The van der Waals surface area contributed by atoms with Crippen LogP contribution in [-0.4, -0.2) is 79.9 Å². The van der Waals surface area contributed by atoms with Gasteiger partial charge in [0.1, 0.15) is 17.0 Å². The molecule has 0 aliphatic carbocycles. The van der Waals surface area contributed by atoms with Gasteiger partial charge in [-0.15, -0.1) is 0 Å². The lowest BCUT2D eigenvalue weighted by molar-refractivity contribution is -0.131. The highest BCUT2D eigenvalue weighted by molar-refractivity contribution is 5.73. The lowest BCUT2D eigenvalue weighted by Crippen LogP contribution is -2.66. The highest BCUT2D eigenvalue weighted by Gasteiger charge is 2.58. The summed E-state index contributed by atoms with van der Waals surface area (Å²) in [6, 6.07) is 9.22. The number of carbonyl (C=O) groups excluding carboxylic acids is 2. The smallest absolute Gasteiger partial charge is 0.410 e. The van der Waals surface area contributed by atoms with E-state index in [-0.39, 0.29) is 31.0 Å². The molecule has 3 aromatic rings. The summed E-state index contributed by atoms with van der Waals surface area (Å²) in [4.78, 5) is 37.2. The molecule has 2 amide bonds. The second-order valence-electron chi connectivity index (χ2n) is 13.5. The van der Waals surface area contributed by atoms with Crippen molar-refractivity contribution in [2.75, 3.05) is 26.2 Å². The number of hydrogen-bond acceptors (Lipinski definition) is 9. The van der Waals surface area contributed by atoms with Crippen molar-refractivity contribution in [2.24, 2.45) is 5.41 Å². The number of piperidine rings is 1. The molecule has 4 heterocycles. The first-order valence-corrected chi connectivity index (χ1v) is 15.2. The molecule has 1 atom stereocenters. The van der Waals surface area contributed by atoms with Gasteiger partial charge in [0, 0.05) is 68.0 Å². The van der Waals surface area contributed by atoms with Crippen LogP contribution in [0, 0.1) is 5.41 Å². The number of pyridine rings is 1. The average molecular weight is 606 g/mol. The minimum atomic E-state index is -1.53. The van der Waals surface area contributed by atoms with Crippen LogP contribution in [0.25, 0.3) is 11.4 Å². The van der Waals surface area contributed by atoms with Gasteiger partial charge in [-0.05, 0) is 71.2 Å². The highest BCUT2D eigenvalue weighted by Crippen LogP contribution is 2.51. The molecule has 1 aromatic carbocycles. The minimum absolute atomic E-state index is 0.00804. The summed E-state index contributed by atoms with van der Waals surface area (Å²) in [5.74, 6) is 1.74. The zero-order valence-corrected chi connectivity index (χ0v) is 26.7. The van der Waals surface area contributed by atoms with Crippen LogP contribution in [0.2, 0.25) is 0 Å². The molecule has 11 heteroatoms. The first-order chi connectivity index (χ1) is 20.7. The molecule has 0 radical (unpaired) electrons. The van der Waals surface area contributed by atoms with Crippen LogP contribution >= 0.6 is 0 Å². The Bertz CT molecular complexity index is 1480. The topological polar surface area (TPSA) is 131 Å². The van der Waals surface area contributed by atoms with E-state index in [0.717, 1.165) is 12.8 Å². The molecule has 2 aliphatic rings. The van der Waals surface area contributed by atoms with Crippen LogP contribution in [0.1, 0.15) is 84.2 Å². The van der Waals surface area contributed by atoms with Crippen molar-refractivity contribution in [3.63, 3.8) is 0 Å². The van der Waals surface area contributed by atoms with Crippen LogP contribution in [0.4, 0.5) is 4.79 Å². The second kappa shape index (κ2) is 11.8. The maximum Gasteiger partial charge on any atom is 0.410 e. The van der Waals surface area contributed by atoms with Gasteiger partial charge in [0.2, 0.25) is 17.6 Å². The molecule has 2 aromatic heterocycles. The summed E-state index contributed by atoms with van der Waals surface area (Å²) in [5, 5.41) is 17.0. The number of amides is 2. The Hall–Kier alpha value is -3.99. The molecule has 44 heavy (non-hydrogen) atoms. The van der Waals surface area contributed by atoms with Gasteiger partial charge in [0.05, 0.1) is 6.10 Å². The van der Waals surface area contributed by atoms with Crippen molar-refractivity contribution in [2.45, 2.75) is 84.5 Å². The van der Waals surface area contributed by atoms with Crippen molar-refractivity contribution in [3.05, 3.63) is 59.7 Å². The summed E-state index contributed by atoms with van der Waals surface area (Å²) in [5.41, 5.74) is -1.14. The van der Waals surface area contributed by atoms with Crippen LogP contribution in [-0.2, 0) is 15.1 Å². The molecule has 0 saturated carbocycles. The van der Waals surface area contributed by atoms with Crippen molar-refractivity contribution in [3.8, 4) is 17.1 Å². The standard InChI is InChI=1S/C33H43N5O6/c1-21(2)42-27-10-8-25(9-11-27)33(41,32(7)19-38(20-32)30(40)43-31(4,5)6)26-16-24(17-34-18-26)28-35-29(44-36-28)23-12-14-37(15-13-23)22(3)39/h8-11,16-18,21,23,41H,12-15,19-20H2,1-7H3/t33-/m0/s1. The van der Waals surface area contributed by atoms with E-state index >= 15 is 0 Å². The molecule has 2 fully saturated rings. The molecule has 5 rings (SSSR count). The van der Waals surface area contributed by atoms with Gasteiger partial charge < -0.3 is 28.9 Å². The molecule has 0 spiro atoms. The Kier molecular flexibility index (Phi) is 8.45. The van der Waals surface area contributed by atoms with Gasteiger partial charge in [-0.3, -0.25) is 9.78 Å². The molecule has 2 saturated heterocycles. The molecule has 0 unspecified atom stereocenters. The van der Waals surface area contributed by atoms with E-state index in [4.69, 9.17) is 14.0 Å². The lowest BCUT2D eigenvalue weighted by atomic mass is 9.62. The average Bonchev–Trinajstić information content (AvgIpc) is 3.45. The van der Waals surface area contributed by atoms with Crippen molar-refractivity contribution in [1.82, 2.24) is 24.9 Å². The zero-order chi connectivity index (χ0) is 31.9. The number of aromatic nitrogens is 3. The monoisotopic (exact) mass is 605 g/mol. The Morgan fingerprint density at radius 1 is 1.05 bits per heavy atom. The summed E-state index contributed by atoms with van der Waals surface area (Å²) >= 11 is 0.